The molecule has 0 saturated carbocycles. The first-order valence-electron chi connectivity index (χ1n) is 5.86. The lowest BCUT2D eigenvalue weighted by Gasteiger charge is -2.26. The molecule has 0 radical (unpaired) electrons. The molecule has 3 N–H and O–H groups in total. The van der Waals surface area contributed by atoms with Crippen LogP contribution in [0.15, 0.2) is 0 Å². The van der Waals surface area contributed by atoms with E-state index in [4.69, 9.17) is 5.73 Å². The van der Waals surface area contributed by atoms with Crippen molar-refractivity contribution in [3.8, 4) is 0 Å². The number of carbonyl (C=O) groups excluding carboxylic acids is 1. The predicted octanol–water partition coefficient (Wildman–Crippen LogP) is 0.935. The number of amides is 1. The second-order valence-electron chi connectivity index (χ2n) is 4.08. The van der Waals surface area contributed by atoms with Gasteiger partial charge in [0.25, 0.3) is 0 Å². The van der Waals surface area contributed by atoms with E-state index in [-0.39, 0.29) is 11.9 Å². The summed E-state index contributed by atoms with van der Waals surface area (Å²) in [6.45, 7) is 2.40. The van der Waals surface area contributed by atoms with Crippen LogP contribution >= 0.6 is 11.5 Å². The Hall–Kier alpha value is -1.37. The second kappa shape index (κ2) is 5.81. The SMILES string of the molecule is Nc1nsc(NCCC(=O)N2CCCCC2)n1. The normalized spacial score (nSPS) is 15.9. The lowest BCUT2D eigenvalue weighted by atomic mass is 10.1. The number of nitrogens with two attached hydrogens (primary N) is 1. The fourth-order valence-electron chi connectivity index (χ4n) is 1.88. The Morgan fingerprint density at radius 2 is 2.18 bits per heavy atom. The van der Waals surface area contributed by atoms with Gasteiger partial charge in [0.1, 0.15) is 0 Å². The Kier molecular flexibility index (Phi) is 4.13. The fourth-order valence-corrected chi connectivity index (χ4v) is 2.41. The zero-order valence-electron chi connectivity index (χ0n) is 9.69. The minimum Gasteiger partial charge on any atom is -0.367 e. The fraction of sp³-hybridized carbons (Fsp3) is 0.700. The second-order valence-corrected chi connectivity index (χ2v) is 4.83. The molecule has 1 amide bonds. The largest absolute Gasteiger partial charge is 0.367 e. The van der Waals surface area contributed by atoms with Gasteiger partial charge in [-0.05, 0) is 19.3 Å². The molecule has 0 aliphatic carbocycles. The van der Waals surface area contributed by atoms with Gasteiger partial charge in [-0.2, -0.15) is 9.36 Å². The average molecular weight is 255 g/mol. The van der Waals surface area contributed by atoms with Crippen LogP contribution in [0.4, 0.5) is 11.1 Å². The quantitative estimate of drug-likeness (QED) is 0.836. The van der Waals surface area contributed by atoms with E-state index in [1.165, 1.54) is 18.0 Å². The summed E-state index contributed by atoms with van der Waals surface area (Å²) >= 11 is 1.21. The number of hydrogen-bond acceptors (Lipinski definition) is 6. The number of nitrogens with one attached hydrogen (secondary N) is 1. The summed E-state index contributed by atoms with van der Waals surface area (Å²) in [6, 6.07) is 0. The molecule has 7 heteroatoms. The van der Waals surface area contributed by atoms with Crippen LogP contribution in [0.1, 0.15) is 25.7 Å². The molecule has 2 rings (SSSR count). The Balaban J connectivity index is 1.69. The van der Waals surface area contributed by atoms with Crippen molar-refractivity contribution in [1.29, 1.82) is 0 Å². The van der Waals surface area contributed by atoms with Crippen LogP contribution in [-0.4, -0.2) is 39.8 Å². The van der Waals surface area contributed by atoms with E-state index in [0.29, 0.717) is 18.1 Å². The van der Waals surface area contributed by atoms with Crippen LogP contribution in [0.5, 0.6) is 0 Å². The number of aromatic nitrogens is 2. The van der Waals surface area contributed by atoms with E-state index < -0.39 is 0 Å². The molecular weight excluding hydrogens is 238 g/mol. The number of rotatable bonds is 4. The number of nitrogen functional groups attached to an aromatic ring is 1. The van der Waals surface area contributed by atoms with Crippen LogP contribution in [0.2, 0.25) is 0 Å². The van der Waals surface area contributed by atoms with Gasteiger partial charge in [-0.15, -0.1) is 0 Å². The molecule has 6 nitrogen and oxygen atoms in total. The van der Waals surface area contributed by atoms with E-state index in [0.717, 1.165) is 25.9 Å². The molecule has 0 unspecified atom stereocenters. The first-order chi connectivity index (χ1) is 8.25. The number of carbonyl (C=O) groups is 1. The lowest BCUT2D eigenvalue weighted by Crippen LogP contribution is -2.36. The molecule has 2 heterocycles. The van der Waals surface area contributed by atoms with Crippen molar-refractivity contribution >= 4 is 28.5 Å². The number of anilines is 2. The molecule has 1 aromatic rings. The van der Waals surface area contributed by atoms with Gasteiger partial charge in [0.05, 0.1) is 0 Å². The van der Waals surface area contributed by atoms with Crippen molar-refractivity contribution < 1.29 is 4.79 Å². The Labute approximate surface area is 104 Å². The van der Waals surface area contributed by atoms with Gasteiger partial charge in [0.2, 0.25) is 17.0 Å². The number of nitrogens with zero attached hydrogens (tertiary/aromatic N) is 3. The highest BCUT2D eigenvalue weighted by Gasteiger charge is 2.15. The van der Waals surface area contributed by atoms with Gasteiger partial charge in [0.15, 0.2) is 0 Å². The summed E-state index contributed by atoms with van der Waals surface area (Å²) in [4.78, 5) is 17.7. The molecule has 1 saturated heterocycles. The third kappa shape index (κ3) is 3.55. The van der Waals surface area contributed by atoms with E-state index in [2.05, 4.69) is 14.7 Å². The minimum atomic E-state index is 0.217. The zero-order valence-corrected chi connectivity index (χ0v) is 10.5. The van der Waals surface area contributed by atoms with E-state index in [1.807, 2.05) is 4.90 Å². The van der Waals surface area contributed by atoms with Crippen LogP contribution in [0.25, 0.3) is 0 Å². The zero-order chi connectivity index (χ0) is 12.1. The maximum Gasteiger partial charge on any atom is 0.233 e. The van der Waals surface area contributed by atoms with Gasteiger partial charge in [0, 0.05) is 37.6 Å². The van der Waals surface area contributed by atoms with Crippen molar-refractivity contribution in [1.82, 2.24) is 14.3 Å². The molecule has 1 fully saturated rings. The summed E-state index contributed by atoms with van der Waals surface area (Å²) in [5.41, 5.74) is 5.40. The molecule has 1 aliphatic heterocycles. The monoisotopic (exact) mass is 255 g/mol. The Morgan fingerprint density at radius 1 is 1.41 bits per heavy atom. The predicted molar refractivity (Wildman–Crippen MR) is 67.9 cm³/mol. The van der Waals surface area contributed by atoms with Crippen molar-refractivity contribution in [3.05, 3.63) is 0 Å². The standard InChI is InChI=1S/C10H17N5OS/c11-9-13-10(17-14-9)12-5-4-8(16)15-6-2-1-3-7-15/h1-7H2,(H3,11,12,13,14). The van der Waals surface area contributed by atoms with Crippen molar-refractivity contribution in [2.45, 2.75) is 25.7 Å². The summed E-state index contributed by atoms with van der Waals surface area (Å²) < 4.78 is 3.85. The Morgan fingerprint density at radius 3 is 2.82 bits per heavy atom. The molecule has 0 bridgehead atoms. The average Bonchev–Trinajstić information content (AvgIpc) is 2.76. The molecule has 0 atom stereocenters. The summed E-state index contributed by atoms with van der Waals surface area (Å²) in [6.07, 6.45) is 4.00. The van der Waals surface area contributed by atoms with Gasteiger partial charge in [-0.3, -0.25) is 4.79 Å². The Bertz CT molecular complexity index is 375. The van der Waals surface area contributed by atoms with Gasteiger partial charge in [-0.25, -0.2) is 0 Å². The molecule has 1 aliphatic rings. The van der Waals surface area contributed by atoms with Crippen LogP contribution in [0.3, 0.4) is 0 Å². The molecular formula is C10H17N5OS. The topological polar surface area (TPSA) is 84.1 Å². The van der Waals surface area contributed by atoms with Gasteiger partial charge >= 0.3 is 0 Å². The van der Waals surface area contributed by atoms with Gasteiger partial charge < -0.3 is 16.0 Å². The first-order valence-corrected chi connectivity index (χ1v) is 6.64. The number of likely N-dealkylation sites (tertiary alicyclic amines) is 1. The molecule has 1 aromatic heterocycles. The molecule has 0 aromatic carbocycles. The molecule has 17 heavy (non-hydrogen) atoms. The van der Waals surface area contributed by atoms with E-state index >= 15 is 0 Å². The third-order valence-corrected chi connectivity index (χ3v) is 3.45. The lowest BCUT2D eigenvalue weighted by molar-refractivity contribution is -0.131. The smallest absolute Gasteiger partial charge is 0.233 e. The van der Waals surface area contributed by atoms with Crippen molar-refractivity contribution in [2.75, 3.05) is 30.7 Å². The highest BCUT2D eigenvalue weighted by Crippen LogP contribution is 2.12. The summed E-state index contributed by atoms with van der Waals surface area (Å²) in [7, 11) is 0. The summed E-state index contributed by atoms with van der Waals surface area (Å²) in [5, 5.41) is 3.73. The maximum absolute atomic E-state index is 11.8. The minimum absolute atomic E-state index is 0.217. The van der Waals surface area contributed by atoms with E-state index in [9.17, 15) is 4.79 Å². The van der Waals surface area contributed by atoms with Crippen molar-refractivity contribution in [3.63, 3.8) is 0 Å². The van der Waals surface area contributed by atoms with Gasteiger partial charge in [-0.1, -0.05) is 0 Å². The highest BCUT2D eigenvalue weighted by molar-refractivity contribution is 7.09. The van der Waals surface area contributed by atoms with E-state index in [1.54, 1.807) is 0 Å². The first kappa shape index (κ1) is 12.1. The number of hydrogen-bond donors (Lipinski definition) is 2. The van der Waals surface area contributed by atoms with Crippen LogP contribution in [-0.2, 0) is 4.79 Å². The van der Waals surface area contributed by atoms with Crippen molar-refractivity contribution in [2.24, 2.45) is 0 Å². The van der Waals surface area contributed by atoms with Crippen LogP contribution in [0, 0.1) is 0 Å². The van der Waals surface area contributed by atoms with Crippen LogP contribution < -0.4 is 11.1 Å². The number of piperidine rings is 1. The molecule has 94 valence electrons. The molecule has 0 spiro atoms. The summed E-state index contributed by atoms with van der Waals surface area (Å²) in [5.74, 6) is 0.495. The highest BCUT2D eigenvalue weighted by atomic mass is 32.1. The third-order valence-electron chi connectivity index (χ3n) is 2.77. The maximum atomic E-state index is 11.8.